The van der Waals surface area contributed by atoms with Crippen LogP contribution in [0.25, 0.3) is 10.8 Å². The van der Waals surface area contributed by atoms with Crippen molar-refractivity contribution in [2.45, 2.75) is 6.10 Å². The van der Waals surface area contributed by atoms with E-state index in [2.05, 4.69) is 25.6 Å². The minimum absolute atomic E-state index is 0. The van der Waals surface area contributed by atoms with Crippen molar-refractivity contribution in [2.24, 2.45) is 0 Å². The largest absolute Gasteiger partial charge is 0.371 e. The number of hydrogen-bond acceptors (Lipinski definition) is 7. The Labute approximate surface area is 166 Å². The van der Waals surface area contributed by atoms with Gasteiger partial charge in [-0.1, -0.05) is 12.1 Å². The lowest BCUT2D eigenvalue weighted by Gasteiger charge is -2.24. The number of aromatic nitrogens is 3. The first-order valence-corrected chi connectivity index (χ1v) is 9.14. The molecule has 3 heterocycles. The Bertz CT molecular complexity index is 882. The minimum atomic E-state index is -0.258. The third kappa shape index (κ3) is 4.67. The number of morpholine rings is 1. The summed E-state index contributed by atoms with van der Waals surface area (Å²) in [4.78, 5) is 25.0. The number of amides is 1. The average Bonchev–Trinajstić information content (AvgIpc) is 3.20. The lowest BCUT2D eigenvalue weighted by Crippen LogP contribution is -2.33. The highest BCUT2D eigenvalue weighted by atomic mass is 35.5. The van der Waals surface area contributed by atoms with Gasteiger partial charge in [0.25, 0.3) is 5.91 Å². The second-order valence-corrected chi connectivity index (χ2v) is 6.61. The first-order chi connectivity index (χ1) is 12.8. The molecule has 1 fully saturated rings. The summed E-state index contributed by atoms with van der Waals surface area (Å²) in [7, 11) is 0. The molecule has 1 unspecified atom stereocenters. The van der Waals surface area contributed by atoms with Gasteiger partial charge >= 0.3 is 0 Å². The van der Waals surface area contributed by atoms with Crippen LogP contribution < -0.4 is 10.6 Å². The second-order valence-electron chi connectivity index (χ2n) is 5.75. The number of nitrogens with zero attached hydrogens (tertiary/aromatic N) is 3. The van der Waals surface area contributed by atoms with Gasteiger partial charge in [-0.05, 0) is 23.8 Å². The Kier molecular flexibility index (Phi) is 6.46. The fourth-order valence-corrected chi connectivity index (χ4v) is 3.39. The normalized spacial score (nSPS) is 16.4. The first kappa shape index (κ1) is 19.4. The van der Waals surface area contributed by atoms with E-state index in [0.29, 0.717) is 28.8 Å². The molecule has 3 aromatic rings. The van der Waals surface area contributed by atoms with Gasteiger partial charge in [-0.2, -0.15) is 0 Å². The summed E-state index contributed by atoms with van der Waals surface area (Å²) in [6.45, 7) is 2.39. The first-order valence-electron chi connectivity index (χ1n) is 8.26. The number of benzene rings is 1. The monoisotopic (exact) mass is 403 g/mol. The molecule has 2 N–H and O–H groups in total. The van der Waals surface area contributed by atoms with Gasteiger partial charge in [0.15, 0.2) is 10.8 Å². The summed E-state index contributed by atoms with van der Waals surface area (Å²) in [5.41, 5.74) is 2.15. The van der Waals surface area contributed by atoms with Crippen molar-refractivity contribution in [1.29, 1.82) is 0 Å². The molecule has 0 spiro atoms. The van der Waals surface area contributed by atoms with Gasteiger partial charge in [-0.15, -0.1) is 23.7 Å². The third-order valence-electron chi connectivity index (χ3n) is 3.96. The number of hydrogen-bond donors (Lipinski definition) is 2. The molecule has 4 rings (SSSR count). The van der Waals surface area contributed by atoms with E-state index in [9.17, 15) is 4.79 Å². The van der Waals surface area contributed by atoms with Crippen molar-refractivity contribution in [1.82, 2.24) is 20.3 Å². The van der Waals surface area contributed by atoms with Crippen molar-refractivity contribution >= 4 is 35.3 Å². The molecule has 2 aromatic heterocycles. The minimum Gasteiger partial charge on any atom is -0.371 e. The summed E-state index contributed by atoms with van der Waals surface area (Å²) in [6.07, 6.45) is 3.35. The van der Waals surface area contributed by atoms with Crippen molar-refractivity contribution in [3.05, 3.63) is 59.4 Å². The fraction of sp³-hybridized carbons (Fsp3) is 0.222. The number of carbonyl (C=O) groups is 1. The van der Waals surface area contributed by atoms with Gasteiger partial charge in [-0.25, -0.2) is 15.0 Å². The van der Waals surface area contributed by atoms with Crippen molar-refractivity contribution < 1.29 is 9.53 Å². The Morgan fingerprint density at radius 1 is 1.22 bits per heavy atom. The Morgan fingerprint density at radius 2 is 2.00 bits per heavy atom. The number of anilines is 1. The molecule has 1 atom stereocenters. The molecule has 1 aromatic carbocycles. The SMILES string of the molecule is Cl.O=C(Nc1ccc(C2CNCCO2)cc1)c1csc(-c2ncccn2)n1. The van der Waals surface area contributed by atoms with Crippen LogP contribution in [0.5, 0.6) is 0 Å². The smallest absolute Gasteiger partial charge is 0.275 e. The van der Waals surface area contributed by atoms with Crippen LogP contribution >= 0.6 is 23.7 Å². The molecule has 9 heteroatoms. The topological polar surface area (TPSA) is 89.0 Å². The molecule has 0 saturated carbocycles. The van der Waals surface area contributed by atoms with Crippen LogP contribution in [-0.2, 0) is 4.74 Å². The zero-order chi connectivity index (χ0) is 17.8. The molecule has 27 heavy (non-hydrogen) atoms. The zero-order valence-electron chi connectivity index (χ0n) is 14.3. The van der Waals surface area contributed by atoms with Crippen molar-refractivity contribution in [3.8, 4) is 10.8 Å². The van der Waals surface area contributed by atoms with E-state index < -0.39 is 0 Å². The number of halogens is 1. The summed E-state index contributed by atoms with van der Waals surface area (Å²) in [5.74, 6) is 0.258. The maximum Gasteiger partial charge on any atom is 0.275 e. The lowest BCUT2D eigenvalue weighted by molar-refractivity contribution is 0.0277. The molecule has 0 bridgehead atoms. The number of thiazole rings is 1. The molecule has 0 aliphatic carbocycles. The molecular weight excluding hydrogens is 386 g/mol. The predicted octanol–water partition coefficient (Wildman–Crippen LogP) is 2.94. The lowest BCUT2D eigenvalue weighted by atomic mass is 10.1. The van der Waals surface area contributed by atoms with Crippen LogP contribution in [-0.4, -0.2) is 40.6 Å². The van der Waals surface area contributed by atoms with Gasteiger partial charge < -0.3 is 15.4 Å². The summed E-state index contributed by atoms with van der Waals surface area (Å²) < 4.78 is 5.73. The molecule has 0 radical (unpaired) electrons. The van der Waals surface area contributed by atoms with E-state index in [1.807, 2.05) is 24.3 Å². The van der Waals surface area contributed by atoms with Crippen LogP contribution in [0.2, 0.25) is 0 Å². The highest BCUT2D eigenvalue weighted by Gasteiger charge is 2.16. The Morgan fingerprint density at radius 3 is 2.70 bits per heavy atom. The van der Waals surface area contributed by atoms with Gasteiger partial charge in [-0.3, -0.25) is 4.79 Å². The van der Waals surface area contributed by atoms with E-state index in [1.54, 1.807) is 23.8 Å². The van der Waals surface area contributed by atoms with Gasteiger partial charge in [0, 0.05) is 36.6 Å². The molecule has 1 aliphatic heterocycles. The maximum absolute atomic E-state index is 12.4. The Hall–Kier alpha value is -2.39. The van der Waals surface area contributed by atoms with Crippen LogP contribution in [0, 0.1) is 0 Å². The van der Waals surface area contributed by atoms with Crippen LogP contribution in [0.3, 0.4) is 0 Å². The molecular formula is C18H18ClN5O2S. The standard InChI is InChI=1S/C18H17N5O2S.ClH/c24-17(14-11-26-18(23-14)16-20-6-1-7-21-16)22-13-4-2-12(3-5-13)15-10-19-8-9-25-15;/h1-7,11,15,19H,8-10H2,(H,22,24);1H. The van der Waals surface area contributed by atoms with Crippen molar-refractivity contribution in [2.75, 3.05) is 25.0 Å². The van der Waals surface area contributed by atoms with E-state index in [0.717, 1.165) is 18.7 Å². The summed E-state index contributed by atoms with van der Waals surface area (Å²) >= 11 is 1.34. The maximum atomic E-state index is 12.4. The molecule has 1 aliphatic rings. The summed E-state index contributed by atoms with van der Waals surface area (Å²) in [5, 5.41) is 8.49. The Balaban J connectivity index is 0.00000210. The number of ether oxygens (including phenoxy) is 1. The zero-order valence-corrected chi connectivity index (χ0v) is 15.9. The quantitative estimate of drug-likeness (QED) is 0.696. The highest BCUT2D eigenvalue weighted by molar-refractivity contribution is 7.13. The predicted molar refractivity (Wildman–Crippen MR) is 106 cm³/mol. The van der Waals surface area contributed by atoms with E-state index in [1.165, 1.54) is 11.3 Å². The number of carbonyl (C=O) groups excluding carboxylic acids is 1. The molecule has 7 nitrogen and oxygen atoms in total. The van der Waals surface area contributed by atoms with Gasteiger partial charge in [0.2, 0.25) is 0 Å². The average molecular weight is 404 g/mol. The number of rotatable bonds is 4. The van der Waals surface area contributed by atoms with Gasteiger partial charge in [0.1, 0.15) is 5.69 Å². The van der Waals surface area contributed by atoms with Gasteiger partial charge in [0.05, 0.1) is 12.7 Å². The van der Waals surface area contributed by atoms with Crippen LogP contribution in [0.15, 0.2) is 48.1 Å². The van der Waals surface area contributed by atoms with Crippen molar-refractivity contribution in [3.63, 3.8) is 0 Å². The molecule has 140 valence electrons. The van der Waals surface area contributed by atoms with E-state index in [-0.39, 0.29) is 24.4 Å². The van der Waals surface area contributed by atoms with Crippen LogP contribution in [0.1, 0.15) is 22.2 Å². The fourth-order valence-electron chi connectivity index (χ4n) is 2.65. The third-order valence-corrected chi connectivity index (χ3v) is 4.80. The molecule has 1 saturated heterocycles. The van der Waals surface area contributed by atoms with E-state index in [4.69, 9.17) is 4.74 Å². The molecule has 1 amide bonds. The van der Waals surface area contributed by atoms with E-state index >= 15 is 0 Å². The highest BCUT2D eigenvalue weighted by Crippen LogP contribution is 2.22. The second kappa shape index (κ2) is 9.01. The number of nitrogens with one attached hydrogen (secondary N) is 2. The van der Waals surface area contributed by atoms with Crippen LogP contribution in [0.4, 0.5) is 5.69 Å². The summed E-state index contributed by atoms with van der Waals surface area (Å²) in [6, 6.07) is 9.43.